The summed E-state index contributed by atoms with van der Waals surface area (Å²) in [5, 5.41) is 2.88. The second-order valence-corrected chi connectivity index (χ2v) is 12.4. The highest BCUT2D eigenvalue weighted by Crippen LogP contribution is 2.27. The van der Waals surface area contributed by atoms with Crippen molar-refractivity contribution in [2.24, 2.45) is 0 Å². The minimum absolute atomic E-state index is 0.274. The lowest BCUT2D eigenvalue weighted by Gasteiger charge is -2.18. The molecule has 0 fully saturated rings. The van der Waals surface area contributed by atoms with E-state index in [-0.39, 0.29) is 6.42 Å². The lowest BCUT2D eigenvalue weighted by molar-refractivity contribution is -0.142. The molecule has 6 nitrogen and oxygen atoms in total. The topological polar surface area (TPSA) is 73.9 Å². The summed E-state index contributed by atoms with van der Waals surface area (Å²) < 4.78 is 17.8. The van der Waals surface area contributed by atoms with E-state index in [1.807, 2.05) is 91.0 Å². The molecule has 0 unspecified atom stereocenters. The van der Waals surface area contributed by atoms with Crippen molar-refractivity contribution in [2.45, 2.75) is 44.6 Å². The van der Waals surface area contributed by atoms with Crippen molar-refractivity contribution in [3.8, 4) is 28.4 Å². The van der Waals surface area contributed by atoms with Gasteiger partial charge < -0.3 is 19.5 Å². The molecular formula is C41H40BrNO5. The van der Waals surface area contributed by atoms with Gasteiger partial charge in [-0.15, -0.1) is 0 Å². The predicted molar refractivity (Wildman–Crippen MR) is 194 cm³/mol. The normalized spacial score (nSPS) is 11.4. The summed E-state index contributed by atoms with van der Waals surface area (Å²) in [6.45, 7) is 0.503. The highest BCUT2D eigenvalue weighted by Gasteiger charge is 2.24. The number of esters is 1. The zero-order valence-corrected chi connectivity index (χ0v) is 28.7. The number of rotatable bonds is 16. The maximum atomic E-state index is 13.5. The molecule has 0 radical (unpaired) electrons. The van der Waals surface area contributed by atoms with Gasteiger partial charge in [-0.3, -0.25) is 4.79 Å². The summed E-state index contributed by atoms with van der Waals surface area (Å²) in [5.74, 6) is 1.10. The van der Waals surface area contributed by atoms with Gasteiger partial charge in [-0.05, 0) is 84.0 Å². The van der Waals surface area contributed by atoms with Crippen LogP contribution in [0.3, 0.4) is 0 Å². The average molecular weight is 707 g/mol. The average Bonchev–Trinajstić information content (AvgIpc) is 3.12. The van der Waals surface area contributed by atoms with Crippen molar-refractivity contribution < 1.29 is 23.8 Å². The maximum Gasteiger partial charge on any atom is 0.328 e. The number of nitrogens with one attached hydrogen (secondary N) is 1. The largest absolute Gasteiger partial charge is 0.493 e. The van der Waals surface area contributed by atoms with Crippen LogP contribution in [0.25, 0.3) is 11.1 Å². The molecule has 5 aromatic rings. The van der Waals surface area contributed by atoms with E-state index in [0.29, 0.717) is 17.9 Å². The first-order valence-corrected chi connectivity index (χ1v) is 17.0. The number of methoxy groups -OCH3 is 1. The second-order valence-electron chi connectivity index (χ2n) is 11.5. The molecule has 0 saturated heterocycles. The predicted octanol–water partition coefficient (Wildman–Crippen LogP) is 9.60. The van der Waals surface area contributed by atoms with Crippen LogP contribution in [0, 0.1) is 0 Å². The summed E-state index contributed by atoms with van der Waals surface area (Å²) in [5.41, 5.74) is 4.66. The molecule has 1 N–H and O–H groups in total. The van der Waals surface area contributed by atoms with Crippen molar-refractivity contribution in [1.29, 1.82) is 0 Å². The Kier molecular flexibility index (Phi) is 12.8. The number of aryl methyl sites for hydroxylation is 1. The third-order valence-corrected chi connectivity index (χ3v) is 8.49. The third-order valence-electron chi connectivity index (χ3n) is 8.00. The maximum absolute atomic E-state index is 13.5. The summed E-state index contributed by atoms with van der Waals surface area (Å²) in [4.78, 5) is 26.3. The van der Waals surface area contributed by atoms with E-state index in [2.05, 4.69) is 45.5 Å². The Morgan fingerprint density at radius 1 is 0.688 bits per heavy atom. The van der Waals surface area contributed by atoms with Crippen LogP contribution in [0.1, 0.15) is 47.2 Å². The zero-order valence-electron chi connectivity index (χ0n) is 27.1. The van der Waals surface area contributed by atoms with Crippen molar-refractivity contribution in [3.05, 3.63) is 149 Å². The van der Waals surface area contributed by atoms with Crippen molar-refractivity contribution in [1.82, 2.24) is 5.32 Å². The third kappa shape index (κ3) is 10.3. The first-order valence-electron chi connectivity index (χ1n) is 16.3. The van der Waals surface area contributed by atoms with E-state index in [4.69, 9.17) is 14.2 Å². The highest BCUT2D eigenvalue weighted by atomic mass is 79.9. The van der Waals surface area contributed by atoms with Gasteiger partial charge in [-0.1, -0.05) is 114 Å². The second kappa shape index (κ2) is 17.9. The van der Waals surface area contributed by atoms with Gasteiger partial charge in [0.25, 0.3) is 5.91 Å². The molecule has 7 heteroatoms. The fourth-order valence-electron chi connectivity index (χ4n) is 5.40. The molecule has 246 valence electrons. The van der Waals surface area contributed by atoms with Gasteiger partial charge in [-0.2, -0.15) is 0 Å². The van der Waals surface area contributed by atoms with Crippen LogP contribution in [0.15, 0.2) is 132 Å². The van der Waals surface area contributed by atoms with Crippen LogP contribution in [0.2, 0.25) is 0 Å². The number of amides is 1. The van der Waals surface area contributed by atoms with Crippen LogP contribution < -0.4 is 14.8 Å². The Morgan fingerprint density at radius 2 is 1.31 bits per heavy atom. The van der Waals surface area contributed by atoms with Gasteiger partial charge in [0.05, 0.1) is 19.3 Å². The van der Waals surface area contributed by atoms with E-state index in [0.717, 1.165) is 64.8 Å². The number of unbranched alkanes of at least 4 members (excludes halogenated alkanes) is 3. The first kappa shape index (κ1) is 34.5. The Bertz CT molecular complexity index is 1740. The van der Waals surface area contributed by atoms with Crippen LogP contribution in [-0.2, 0) is 22.4 Å². The van der Waals surface area contributed by atoms with Gasteiger partial charge in [0.2, 0.25) is 0 Å². The molecule has 1 atom stereocenters. The van der Waals surface area contributed by atoms with E-state index < -0.39 is 17.9 Å². The minimum atomic E-state index is -0.876. The quantitative estimate of drug-likeness (QED) is 0.0818. The van der Waals surface area contributed by atoms with E-state index in [1.54, 1.807) is 12.1 Å². The van der Waals surface area contributed by atoms with Gasteiger partial charge in [0.1, 0.15) is 23.3 Å². The number of halogens is 1. The number of benzene rings is 5. The Labute approximate surface area is 291 Å². The Hall–Kier alpha value is -4.88. The molecule has 0 saturated carbocycles. The van der Waals surface area contributed by atoms with E-state index in [1.165, 1.54) is 12.7 Å². The Balaban J connectivity index is 1.15. The molecule has 5 aromatic carbocycles. The lowest BCUT2D eigenvalue weighted by atomic mass is 10.00. The number of hydrogen-bond donors (Lipinski definition) is 1. The van der Waals surface area contributed by atoms with Crippen LogP contribution in [0.4, 0.5) is 0 Å². The number of carbonyl (C=O) groups is 2. The molecule has 0 heterocycles. The van der Waals surface area contributed by atoms with Crippen LogP contribution >= 0.6 is 15.9 Å². The highest BCUT2D eigenvalue weighted by molar-refractivity contribution is 9.10. The van der Waals surface area contributed by atoms with E-state index in [9.17, 15) is 9.59 Å². The molecule has 0 aliphatic rings. The SMILES string of the molecule is COC(=O)[C@H](Cc1ccc(-c2ccc(Oc3ccccc3)cc2)cc1)NC(=O)c1cc(Br)ccc1OCCCCCCc1ccccc1. The molecule has 0 aromatic heterocycles. The Morgan fingerprint density at radius 3 is 2.00 bits per heavy atom. The van der Waals surface area contributed by atoms with Gasteiger partial charge in [0.15, 0.2) is 0 Å². The summed E-state index contributed by atoms with van der Waals surface area (Å²) >= 11 is 3.47. The van der Waals surface area contributed by atoms with Crippen LogP contribution in [0.5, 0.6) is 17.2 Å². The van der Waals surface area contributed by atoms with Gasteiger partial charge >= 0.3 is 5.97 Å². The zero-order chi connectivity index (χ0) is 33.6. The monoisotopic (exact) mass is 705 g/mol. The lowest BCUT2D eigenvalue weighted by Crippen LogP contribution is -2.43. The summed E-state index contributed by atoms with van der Waals surface area (Å²) in [6.07, 6.45) is 5.52. The molecule has 1 amide bonds. The number of carbonyl (C=O) groups excluding carboxylic acids is 2. The van der Waals surface area contributed by atoms with Gasteiger partial charge in [-0.25, -0.2) is 4.79 Å². The van der Waals surface area contributed by atoms with Crippen LogP contribution in [-0.4, -0.2) is 31.6 Å². The molecule has 0 spiro atoms. The molecule has 48 heavy (non-hydrogen) atoms. The number of para-hydroxylation sites is 1. The minimum Gasteiger partial charge on any atom is -0.493 e. The van der Waals surface area contributed by atoms with Crippen molar-refractivity contribution in [3.63, 3.8) is 0 Å². The molecule has 5 rings (SSSR count). The molecule has 0 bridgehead atoms. The fraction of sp³-hybridized carbons (Fsp3) is 0.220. The summed E-state index contributed by atoms with van der Waals surface area (Å²) in [6, 6.07) is 40.4. The molecule has 0 aliphatic carbocycles. The van der Waals surface area contributed by atoms with Crippen molar-refractivity contribution >= 4 is 27.8 Å². The van der Waals surface area contributed by atoms with Crippen molar-refractivity contribution in [2.75, 3.05) is 13.7 Å². The standard InChI is InChI=1S/C41H40BrNO5/c1-46-41(45)38(28-31-17-19-32(20-18-31)33-21-24-36(25-22-33)48-35-15-9-5-10-16-35)43-40(44)37-29-34(42)23-26-39(37)47-27-11-3-2-6-12-30-13-7-4-8-14-30/h4-5,7-10,13-26,29,38H,2-3,6,11-12,27-28H2,1H3,(H,43,44)/t38-/m0/s1. The van der Waals surface area contributed by atoms with E-state index >= 15 is 0 Å². The fourth-order valence-corrected chi connectivity index (χ4v) is 5.76. The molecule has 0 aliphatic heterocycles. The molecular weight excluding hydrogens is 666 g/mol. The van der Waals surface area contributed by atoms with Gasteiger partial charge in [0, 0.05) is 10.9 Å². The summed E-state index contributed by atoms with van der Waals surface area (Å²) in [7, 11) is 1.32. The number of ether oxygens (including phenoxy) is 3. The smallest absolute Gasteiger partial charge is 0.328 e. The number of hydrogen-bond acceptors (Lipinski definition) is 5. The first-order chi connectivity index (χ1) is 23.5.